The summed E-state index contributed by atoms with van der Waals surface area (Å²) in [6, 6.07) is 6.11. The highest BCUT2D eigenvalue weighted by molar-refractivity contribution is 9.39. The summed E-state index contributed by atoms with van der Waals surface area (Å²) < 4.78 is 4.22. The summed E-state index contributed by atoms with van der Waals surface area (Å²) in [7, 11) is 0. The van der Waals surface area contributed by atoms with Crippen molar-refractivity contribution in [3.05, 3.63) is 34.4 Å². The molecule has 0 N–H and O–H groups in total. The lowest BCUT2D eigenvalue weighted by atomic mass is 10.3. The number of ether oxygens (including phenoxy) is 1. The highest BCUT2D eigenvalue weighted by Crippen LogP contribution is 2.39. The molecule has 14 heavy (non-hydrogen) atoms. The van der Waals surface area contributed by atoms with Crippen LogP contribution in [0.3, 0.4) is 0 Å². The quantitative estimate of drug-likeness (QED) is 0.439. The number of hydrogen-bond acceptors (Lipinski definition) is 3. The molecule has 0 aliphatic carbocycles. The second-order valence-corrected chi connectivity index (χ2v) is 8.82. The largest absolute Gasteiger partial charge is 0.449 e. The minimum atomic E-state index is -0.987. The van der Waals surface area contributed by atoms with Gasteiger partial charge < -0.3 is 4.74 Å². The smallest absolute Gasteiger partial charge is 0.311 e. The van der Waals surface area contributed by atoms with Gasteiger partial charge in [0.2, 0.25) is 5.75 Å². The molecule has 0 spiro atoms. The van der Waals surface area contributed by atoms with Crippen LogP contribution in [-0.4, -0.2) is 7.25 Å². The number of para-hydroxylation sites is 2. The molecule has 7 heteroatoms. The molecular formula is C7H4Br3NO3. The minimum Gasteiger partial charge on any atom is -0.449 e. The maximum atomic E-state index is 10.6. The van der Waals surface area contributed by atoms with Crippen molar-refractivity contribution in [2.75, 3.05) is 0 Å². The van der Waals surface area contributed by atoms with Gasteiger partial charge in [-0.25, -0.2) is 0 Å². The van der Waals surface area contributed by atoms with Crippen molar-refractivity contribution in [1.82, 2.24) is 0 Å². The molecule has 0 saturated carbocycles. The number of halogens is 3. The zero-order valence-electron chi connectivity index (χ0n) is 6.62. The maximum absolute atomic E-state index is 10.6. The number of rotatable bonds is 2. The SMILES string of the molecule is O=[N+]([O-])c1ccccc1OC(Br)(Br)Br. The third-order valence-corrected chi connectivity index (χ3v) is 1.77. The number of benzene rings is 1. The average molecular weight is 390 g/mol. The number of nitrogens with zero attached hydrogens (tertiary/aromatic N) is 1. The lowest BCUT2D eigenvalue weighted by molar-refractivity contribution is -0.385. The molecule has 4 nitrogen and oxygen atoms in total. The summed E-state index contributed by atoms with van der Waals surface area (Å²) in [6.45, 7) is 0. The summed E-state index contributed by atoms with van der Waals surface area (Å²) >= 11 is 9.26. The highest BCUT2D eigenvalue weighted by atomic mass is 80.0. The second kappa shape index (κ2) is 4.59. The van der Waals surface area contributed by atoms with Crippen molar-refractivity contribution in [3.63, 3.8) is 0 Å². The van der Waals surface area contributed by atoms with Gasteiger partial charge in [-0.15, -0.1) is 0 Å². The minimum absolute atomic E-state index is 0.0878. The molecule has 0 fully saturated rings. The molecule has 0 unspecified atom stereocenters. The van der Waals surface area contributed by atoms with Gasteiger partial charge in [-0.1, -0.05) is 12.1 Å². The van der Waals surface area contributed by atoms with E-state index in [4.69, 9.17) is 4.74 Å². The van der Waals surface area contributed by atoms with Crippen LogP contribution in [0.15, 0.2) is 24.3 Å². The van der Waals surface area contributed by atoms with E-state index in [9.17, 15) is 10.1 Å². The Morgan fingerprint density at radius 2 is 1.86 bits per heavy atom. The van der Waals surface area contributed by atoms with E-state index in [0.717, 1.165) is 0 Å². The molecule has 1 aromatic carbocycles. The standard InChI is InChI=1S/C7H4Br3NO3/c8-7(9,10)14-6-4-2-1-3-5(6)11(12)13/h1-4H. The molecule has 0 saturated heterocycles. The van der Waals surface area contributed by atoms with Gasteiger partial charge in [0.05, 0.1) is 4.92 Å². The van der Waals surface area contributed by atoms with Gasteiger partial charge in [0, 0.05) is 6.07 Å². The van der Waals surface area contributed by atoms with Gasteiger partial charge >= 0.3 is 5.69 Å². The first-order valence-electron chi connectivity index (χ1n) is 3.39. The monoisotopic (exact) mass is 387 g/mol. The summed E-state index contributed by atoms with van der Waals surface area (Å²) in [5.74, 6) is 0.170. The first-order valence-corrected chi connectivity index (χ1v) is 5.77. The van der Waals surface area contributed by atoms with Crippen molar-refractivity contribution in [2.24, 2.45) is 0 Å². The van der Waals surface area contributed by atoms with Crippen LogP contribution in [0.2, 0.25) is 0 Å². The number of hydrogen-bond donors (Lipinski definition) is 0. The molecule has 0 aliphatic heterocycles. The highest BCUT2D eigenvalue weighted by Gasteiger charge is 2.24. The van der Waals surface area contributed by atoms with Gasteiger partial charge in [-0.2, -0.15) is 0 Å². The van der Waals surface area contributed by atoms with Crippen LogP contribution in [0.4, 0.5) is 5.69 Å². The Hall–Kier alpha value is -0.140. The van der Waals surface area contributed by atoms with Gasteiger partial charge in [-0.05, 0) is 53.9 Å². The van der Waals surface area contributed by atoms with E-state index in [1.807, 2.05) is 0 Å². The van der Waals surface area contributed by atoms with Crippen molar-refractivity contribution in [3.8, 4) is 5.75 Å². The summed E-state index contributed by atoms with van der Waals surface area (Å²) in [5.41, 5.74) is -0.0878. The molecule has 0 heterocycles. The summed E-state index contributed by atoms with van der Waals surface area (Å²) in [5, 5.41) is 10.6. The van der Waals surface area contributed by atoms with E-state index in [1.54, 1.807) is 12.1 Å². The first kappa shape index (κ1) is 11.9. The van der Waals surface area contributed by atoms with Crippen LogP contribution in [0.1, 0.15) is 0 Å². The summed E-state index contributed by atoms with van der Waals surface area (Å²) in [6.07, 6.45) is 0. The Balaban J connectivity index is 3.02. The van der Waals surface area contributed by atoms with Crippen LogP contribution in [-0.2, 0) is 0 Å². The van der Waals surface area contributed by atoms with Gasteiger partial charge in [0.25, 0.3) is 2.33 Å². The van der Waals surface area contributed by atoms with E-state index < -0.39 is 7.25 Å². The first-order chi connectivity index (χ1) is 6.40. The topological polar surface area (TPSA) is 52.4 Å². The lowest BCUT2D eigenvalue weighted by Crippen LogP contribution is -2.11. The Morgan fingerprint density at radius 3 is 2.36 bits per heavy atom. The Morgan fingerprint density at radius 1 is 1.29 bits per heavy atom. The van der Waals surface area contributed by atoms with Gasteiger partial charge in [-0.3, -0.25) is 10.1 Å². The number of nitro groups is 1. The van der Waals surface area contributed by atoms with Crippen molar-refractivity contribution in [1.29, 1.82) is 0 Å². The maximum Gasteiger partial charge on any atom is 0.311 e. The number of nitro benzene ring substituents is 1. The van der Waals surface area contributed by atoms with Crippen LogP contribution in [0.5, 0.6) is 5.75 Å². The zero-order chi connectivity index (χ0) is 10.8. The van der Waals surface area contributed by atoms with Crippen molar-refractivity contribution < 1.29 is 9.66 Å². The third kappa shape index (κ3) is 3.55. The van der Waals surface area contributed by atoms with Crippen molar-refractivity contribution >= 4 is 53.5 Å². The summed E-state index contributed by atoms with van der Waals surface area (Å²) in [4.78, 5) is 10.1. The average Bonchev–Trinajstić information content (AvgIpc) is 2.01. The molecule has 0 aromatic heterocycles. The normalized spacial score (nSPS) is 11.1. The molecule has 1 aromatic rings. The fourth-order valence-corrected chi connectivity index (χ4v) is 1.34. The van der Waals surface area contributed by atoms with Crippen LogP contribution < -0.4 is 4.74 Å². The Kier molecular flexibility index (Phi) is 3.91. The molecule has 76 valence electrons. The van der Waals surface area contributed by atoms with Crippen LogP contribution in [0.25, 0.3) is 0 Å². The van der Waals surface area contributed by atoms with E-state index in [-0.39, 0.29) is 11.4 Å². The van der Waals surface area contributed by atoms with E-state index in [0.29, 0.717) is 0 Å². The molecule has 0 radical (unpaired) electrons. The van der Waals surface area contributed by atoms with E-state index in [1.165, 1.54) is 12.1 Å². The van der Waals surface area contributed by atoms with E-state index in [2.05, 4.69) is 47.8 Å². The molecule has 1 rings (SSSR count). The Bertz CT molecular complexity index is 350. The van der Waals surface area contributed by atoms with Crippen LogP contribution >= 0.6 is 47.8 Å². The molecular weight excluding hydrogens is 386 g/mol. The van der Waals surface area contributed by atoms with E-state index >= 15 is 0 Å². The molecule has 0 bridgehead atoms. The molecule has 0 atom stereocenters. The Labute approximate surface area is 105 Å². The fraction of sp³-hybridized carbons (Fsp3) is 0.143. The molecule has 0 aliphatic rings. The molecule has 0 amide bonds. The zero-order valence-corrected chi connectivity index (χ0v) is 11.4. The predicted molar refractivity (Wildman–Crippen MR) is 63.2 cm³/mol. The van der Waals surface area contributed by atoms with Crippen LogP contribution in [0, 0.1) is 10.1 Å². The third-order valence-electron chi connectivity index (χ3n) is 1.29. The lowest BCUT2D eigenvalue weighted by Gasteiger charge is -2.14. The van der Waals surface area contributed by atoms with Gasteiger partial charge in [0.15, 0.2) is 0 Å². The number of alkyl halides is 3. The fourth-order valence-electron chi connectivity index (χ4n) is 0.819. The predicted octanol–water partition coefficient (Wildman–Crippen LogP) is 3.77. The second-order valence-electron chi connectivity index (χ2n) is 2.27. The van der Waals surface area contributed by atoms with Gasteiger partial charge in [0.1, 0.15) is 0 Å². The van der Waals surface area contributed by atoms with Crippen molar-refractivity contribution in [2.45, 2.75) is 2.33 Å².